The summed E-state index contributed by atoms with van der Waals surface area (Å²) in [6.45, 7) is 31.0. The zero-order chi connectivity index (χ0) is 38.7. The first-order valence-electron chi connectivity index (χ1n) is 19.9. The summed E-state index contributed by atoms with van der Waals surface area (Å²) in [7, 11) is 0. The molecule has 6 heteroatoms. The van der Waals surface area contributed by atoms with Gasteiger partial charge in [0.15, 0.2) is 0 Å². The molecule has 7 aromatic rings. The summed E-state index contributed by atoms with van der Waals surface area (Å²) in [5.74, 6) is 1.75. The molecule has 0 aliphatic heterocycles. The third kappa shape index (κ3) is 6.54. The van der Waals surface area contributed by atoms with Crippen molar-refractivity contribution in [3.05, 3.63) is 95.1 Å². The van der Waals surface area contributed by atoms with E-state index in [4.69, 9.17) is 9.97 Å². The molecule has 0 unspecified atom stereocenters. The third-order valence-corrected chi connectivity index (χ3v) is 11.5. The van der Waals surface area contributed by atoms with Crippen molar-refractivity contribution in [3.63, 3.8) is 0 Å². The maximum Gasteiger partial charge on any atom is 0.138 e. The first kappa shape index (κ1) is 37.2. The molecule has 5 aromatic carbocycles. The fourth-order valence-corrected chi connectivity index (χ4v) is 7.94. The van der Waals surface area contributed by atoms with Gasteiger partial charge in [0.2, 0.25) is 0 Å². The standard InChI is InChI=1S/C48H58N6/c1-13-53(14-2)35-21-17-31(18-22-35)45-49-41-37-25-33(47(7,8)9)27-39(29(37)5)43-44(40-28-34(48(10,11)12)26-38(30(40)6)42(41)50-45)52-46(51-43)32-19-23-36(24-20-32)54(15-3)16-4/h17-28H,13-16H2,1-12H3,(H,49,50)(H,51,52). The summed E-state index contributed by atoms with van der Waals surface area (Å²) in [6, 6.07) is 27.2. The molecular weight excluding hydrogens is 661 g/mol. The lowest BCUT2D eigenvalue weighted by Crippen LogP contribution is -2.21. The van der Waals surface area contributed by atoms with Gasteiger partial charge in [0, 0.05) is 70.2 Å². The molecule has 280 valence electrons. The first-order valence-corrected chi connectivity index (χ1v) is 19.9. The van der Waals surface area contributed by atoms with Crippen molar-refractivity contribution in [2.75, 3.05) is 36.0 Å². The van der Waals surface area contributed by atoms with E-state index < -0.39 is 0 Å². The Morgan fingerprint density at radius 2 is 0.796 bits per heavy atom. The van der Waals surface area contributed by atoms with E-state index in [2.05, 4.69) is 176 Å². The van der Waals surface area contributed by atoms with Crippen LogP contribution >= 0.6 is 0 Å². The van der Waals surface area contributed by atoms with Gasteiger partial charge in [-0.15, -0.1) is 0 Å². The molecule has 0 spiro atoms. The van der Waals surface area contributed by atoms with Crippen LogP contribution in [0.1, 0.15) is 91.5 Å². The van der Waals surface area contributed by atoms with Crippen LogP contribution in [0.3, 0.4) is 0 Å². The average Bonchev–Trinajstić information content (AvgIpc) is 3.78. The molecule has 2 heterocycles. The van der Waals surface area contributed by atoms with Gasteiger partial charge in [0.1, 0.15) is 11.6 Å². The maximum absolute atomic E-state index is 5.50. The van der Waals surface area contributed by atoms with E-state index in [0.29, 0.717) is 0 Å². The molecule has 4 bridgehead atoms. The van der Waals surface area contributed by atoms with Crippen LogP contribution in [0.15, 0.2) is 72.8 Å². The summed E-state index contributed by atoms with van der Waals surface area (Å²) in [6.07, 6.45) is 0. The Hall–Kier alpha value is -5.10. The Morgan fingerprint density at radius 3 is 1.11 bits per heavy atom. The van der Waals surface area contributed by atoms with Crippen LogP contribution in [-0.2, 0) is 10.8 Å². The number of aryl methyl sites for hydroxylation is 2. The molecule has 2 N–H and O–H groups in total. The maximum atomic E-state index is 5.50. The molecule has 0 aliphatic rings. The van der Waals surface area contributed by atoms with Crippen LogP contribution in [0.5, 0.6) is 0 Å². The van der Waals surface area contributed by atoms with E-state index in [9.17, 15) is 0 Å². The van der Waals surface area contributed by atoms with Gasteiger partial charge in [-0.2, -0.15) is 0 Å². The van der Waals surface area contributed by atoms with E-state index >= 15 is 0 Å². The zero-order valence-electron chi connectivity index (χ0n) is 34.5. The second-order valence-corrected chi connectivity index (χ2v) is 16.9. The van der Waals surface area contributed by atoms with Gasteiger partial charge in [-0.05, 0) is 147 Å². The molecular formula is C48H58N6. The number of hydrogen-bond donors (Lipinski definition) is 2. The highest BCUT2D eigenvalue weighted by atomic mass is 15.1. The van der Waals surface area contributed by atoms with Crippen molar-refractivity contribution in [1.82, 2.24) is 19.9 Å². The minimum Gasteiger partial charge on any atom is -0.372 e. The Bertz CT molecular complexity index is 2230. The second-order valence-electron chi connectivity index (χ2n) is 16.9. The molecule has 0 atom stereocenters. The van der Waals surface area contributed by atoms with Crippen molar-refractivity contribution in [2.45, 2.75) is 93.9 Å². The van der Waals surface area contributed by atoms with Gasteiger partial charge >= 0.3 is 0 Å². The number of anilines is 2. The van der Waals surface area contributed by atoms with Crippen LogP contribution < -0.4 is 9.80 Å². The third-order valence-electron chi connectivity index (χ3n) is 11.5. The highest BCUT2D eigenvalue weighted by molar-refractivity contribution is 6.14. The Kier molecular flexibility index (Phi) is 9.62. The minimum absolute atomic E-state index is 0.0858. The zero-order valence-corrected chi connectivity index (χ0v) is 34.5. The number of hydrogen-bond acceptors (Lipinski definition) is 4. The number of nitrogens with zero attached hydrogens (tertiary/aromatic N) is 4. The summed E-state index contributed by atoms with van der Waals surface area (Å²) in [5, 5.41) is 4.61. The highest BCUT2D eigenvalue weighted by Gasteiger charge is 2.23. The largest absolute Gasteiger partial charge is 0.372 e. The number of fused-ring (bicyclic) bond motifs is 10. The van der Waals surface area contributed by atoms with Crippen LogP contribution in [0.25, 0.3) is 66.4 Å². The normalized spacial score (nSPS) is 12.4. The van der Waals surface area contributed by atoms with Crippen molar-refractivity contribution < 1.29 is 0 Å². The van der Waals surface area contributed by atoms with Crippen molar-refractivity contribution >= 4 is 55.0 Å². The number of nitrogens with one attached hydrogen (secondary N) is 2. The quantitative estimate of drug-likeness (QED) is 0.164. The van der Waals surface area contributed by atoms with Gasteiger partial charge in [-0.1, -0.05) is 41.5 Å². The summed E-state index contributed by atoms with van der Waals surface area (Å²) in [4.78, 5) is 23.5. The lowest BCUT2D eigenvalue weighted by molar-refractivity contribution is 0.591. The second kappa shape index (κ2) is 14.0. The minimum atomic E-state index is -0.0932. The van der Waals surface area contributed by atoms with E-state index in [1.54, 1.807) is 0 Å². The topological polar surface area (TPSA) is 63.8 Å². The molecule has 7 rings (SSSR count). The monoisotopic (exact) mass is 718 g/mol. The number of benzene rings is 4. The molecule has 0 amide bonds. The number of aromatic nitrogens is 4. The predicted octanol–water partition coefficient (Wildman–Crippen LogP) is 12.5. The Morgan fingerprint density at radius 1 is 0.481 bits per heavy atom. The van der Waals surface area contributed by atoms with Crippen molar-refractivity contribution in [2.24, 2.45) is 0 Å². The van der Waals surface area contributed by atoms with Crippen LogP contribution in [0.2, 0.25) is 0 Å². The molecule has 0 aliphatic carbocycles. The average molecular weight is 719 g/mol. The van der Waals surface area contributed by atoms with Crippen molar-refractivity contribution in [3.8, 4) is 22.8 Å². The number of imidazole rings is 2. The molecule has 6 nitrogen and oxygen atoms in total. The fraction of sp³-hybridized carbons (Fsp3) is 0.375. The molecule has 0 saturated heterocycles. The van der Waals surface area contributed by atoms with Crippen LogP contribution in [-0.4, -0.2) is 46.1 Å². The summed E-state index contributed by atoms with van der Waals surface area (Å²) >= 11 is 0. The lowest BCUT2D eigenvalue weighted by atomic mass is 9.83. The Balaban J connectivity index is 1.63. The van der Waals surface area contributed by atoms with Crippen LogP contribution in [0.4, 0.5) is 11.4 Å². The van der Waals surface area contributed by atoms with Gasteiger partial charge in [0.25, 0.3) is 0 Å². The van der Waals surface area contributed by atoms with E-state index in [-0.39, 0.29) is 10.8 Å². The van der Waals surface area contributed by atoms with Gasteiger partial charge in [-0.25, -0.2) is 9.97 Å². The molecule has 0 fully saturated rings. The Labute approximate surface area is 321 Å². The predicted molar refractivity (Wildman–Crippen MR) is 234 cm³/mol. The number of H-pyrrole nitrogens is 2. The van der Waals surface area contributed by atoms with E-state index in [0.717, 1.165) is 81.8 Å². The van der Waals surface area contributed by atoms with Gasteiger partial charge < -0.3 is 19.8 Å². The van der Waals surface area contributed by atoms with Gasteiger partial charge in [-0.3, -0.25) is 0 Å². The molecule has 2 aromatic heterocycles. The van der Waals surface area contributed by atoms with E-state index in [1.807, 2.05) is 0 Å². The van der Waals surface area contributed by atoms with Crippen molar-refractivity contribution in [1.29, 1.82) is 0 Å². The smallest absolute Gasteiger partial charge is 0.138 e. The number of rotatable bonds is 8. The molecule has 0 saturated carbocycles. The summed E-state index contributed by atoms with van der Waals surface area (Å²) in [5.41, 5.74) is 13.4. The highest BCUT2D eigenvalue weighted by Crippen LogP contribution is 2.40. The fourth-order valence-electron chi connectivity index (χ4n) is 7.94. The summed E-state index contributed by atoms with van der Waals surface area (Å²) < 4.78 is 0. The molecule has 0 radical (unpaired) electrons. The first-order chi connectivity index (χ1) is 25.7. The van der Waals surface area contributed by atoms with Crippen LogP contribution in [0, 0.1) is 13.8 Å². The molecule has 54 heavy (non-hydrogen) atoms. The lowest BCUT2D eigenvalue weighted by Gasteiger charge is -2.22. The van der Waals surface area contributed by atoms with Gasteiger partial charge in [0.05, 0.1) is 22.1 Å². The van der Waals surface area contributed by atoms with E-state index in [1.165, 1.54) is 44.4 Å². The number of aromatic amines is 2. The SMILES string of the molecule is CCN(CC)c1ccc(-c2nc3c4cc(C(C)(C)C)cc(c4C)c4nc(-c5ccc(N(CC)CC)cc5)[nH]c4c4cc(C(C)(C)C)cc(c4C)c3[nH]2)cc1.